The zero-order chi connectivity index (χ0) is 35.9. The summed E-state index contributed by atoms with van der Waals surface area (Å²) in [6, 6.07) is 12.0. The van der Waals surface area contributed by atoms with Crippen LogP contribution in [0.3, 0.4) is 0 Å². The summed E-state index contributed by atoms with van der Waals surface area (Å²) >= 11 is 0. The van der Waals surface area contributed by atoms with Gasteiger partial charge in [-0.1, -0.05) is 27.7 Å². The van der Waals surface area contributed by atoms with Crippen LogP contribution in [0, 0.1) is 0 Å². The minimum absolute atomic E-state index is 0.311. The summed E-state index contributed by atoms with van der Waals surface area (Å²) in [6.45, 7) is 17.4. The molecule has 0 saturated carbocycles. The molecule has 4 aromatic rings. The second kappa shape index (κ2) is 19.0. The number of aromatic nitrogens is 5. The Hall–Kier alpha value is -5.35. The van der Waals surface area contributed by atoms with Crippen molar-refractivity contribution >= 4 is 63.3 Å². The predicted molar refractivity (Wildman–Crippen MR) is 201 cm³/mol. The fourth-order valence-corrected chi connectivity index (χ4v) is 5.14. The number of aromatic amines is 2. The number of fused-ring (bicyclic) bond motifs is 1. The maximum Gasteiger partial charge on any atom is 0.323 e. The largest absolute Gasteiger partial charge is 0.354 e. The number of hydrazone groups is 1. The van der Waals surface area contributed by atoms with E-state index in [1.54, 1.807) is 42.5 Å². The van der Waals surface area contributed by atoms with Crippen molar-refractivity contribution in [3.05, 3.63) is 52.9 Å². The van der Waals surface area contributed by atoms with E-state index in [2.05, 4.69) is 94.2 Å². The molecule has 4 rings (SSSR count). The fourth-order valence-electron chi connectivity index (χ4n) is 5.14. The molecule has 16 heteroatoms. The molecule has 0 aliphatic heterocycles. The second-order valence-corrected chi connectivity index (χ2v) is 11.5. The molecule has 7 N–H and O–H groups in total. The standard InChI is InChI=1S/C34H49N13O3/c1-6-46(7-2)20-10-18-35-31-41-32(36-19-11-21-47(8-3)9-4)43-33(42-31)38-24-12-14-25(15-13-24)44-45-29(23(5)48)30(49)37-26-16-17-27-28(22-26)40-34(50)39-27/h12-17,22,44H,6-11,18-21H2,1-5H3,(H,37,49)(H2,39,40,50)(H3,35,36,38,41,42,43). The first-order chi connectivity index (χ1) is 24.2. The summed E-state index contributed by atoms with van der Waals surface area (Å²) < 4.78 is 0. The molecular weight excluding hydrogens is 638 g/mol. The maximum atomic E-state index is 12.9. The molecule has 2 aromatic heterocycles. The predicted octanol–water partition coefficient (Wildman–Crippen LogP) is 4.07. The number of Topliss-reactive ketones (excluding diaryl/α,β-unsaturated/α-hetero) is 1. The Morgan fingerprint density at radius 2 is 1.24 bits per heavy atom. The van der Waals surface area contributed by atoms with Gasteiger partial charge in [-0.25, -0.2) is 4.79 Å². The average molecular weight is 688 g/mol. The van der Waals surface area contributed by atoms with Gasteiger partial charge in [0.05, 0.1) is 16.7 Å². The fraction of sp³-hybridized carbons (Fsp3) is 0.441. The molecule has 0 aliphatic rings. The van der Waals surface area contributed by atoms with E-state index < -0.39 is 11.7 Å². The molecule has 2 heterocycles. The monoisotopic (exact) mass is 687 g/mol. The normalized spacial score (nSPS) is 11.6. The zero-order valence-corrected chi connectivity index (χ0v) is 29.5. The lowest BCUT2D eigenvalue weighted by atomic mass is 10.2. The highest BCUT2D eigenvalue weighted by molar-refractivity contribution is 6.67. The molecule has 1 amide bonds. The molecule has 0 radical (unpaired) electrons. The van der Waals surface area contributed by atoms with Crippen LogP contribution in [0.4, 0.5) is 34.9 Å². The lowest BCUT2D eigenvalue weighted by Gasteiger charge is -2.18. The second-order valence-electron chi connectivity index (χ2n) is 11.5. The van der Waals surface area contributed by atoms with Gasteiger partial charge in [0.25, 0.3) is 5.91 Å². The number of H-pyrrole nitrogens is 2. The number of hydrogen-bond acceptors (Lipinski definition) is 13. The van der Waals surface area contributed by atoms with Crippen molar-refractivity contribution in [1.82, 2.24) is 34.7 Å². The highest BCUT2D eigenvalue weighted by Gasteiger charge is 2.18. The van der Waals surface area contributed by atoms with Crippen molar-refractivity contribution < 1.29 is 9.59 Å². The summed E-state index contributed by atoms with van der Waals surface area (Å²) in [5.41, 5.74) is 4.90. The van der Waals surface area contributed by atoms with Gasteiger partial charge in [0.15, 0.2) is 11.5 Å². The number of benzene rings is 2. The Labute approximate surface area is 292 Å². The Balaban J connectivity index is 1.40. The third-order valence-electron chi connectivity index (χ3n) is 8.05. The van der Waals surface area contributed by atoms with E-state index in [0.717, 1.165) is 65.2 Å². The highest BCUT2D eigenvalue weighted by atomic mass is 16.2. The van der Waals surface area contributed by atoms with Crippen LogP contribution in [0.25, 0.3) is 11.0 Å². The smallest absolute Gasteiger partial charge is 0.323 e. The van der Waals surface area contributed by atoms with Crippen molar-refractivity contribution in [1.29, 1.82) is 0 Å². The van der Waals surface area contributed by atoms with Crippen LogP contribution in [0.15, 0.2) is 52.4 Å². The first-order valence-electron chi connectivity index (χ1n) is 17.1. The summed E-state index contributed by atoms with van der Waals surface area (Å²) in [5.74, 6) is 0.141. The van der Waals surface area contributed by atoms with E-state index in [9.17, 15) is 14.4 Å². The SMILES string of the molecule is CCN(CC)CCCNc1nc(NCCCN(CC)CC)nc(Nc2ccc(NN=C(C(C)=O)C(=O)Nc3ccc4[nH]c(=O)[nH]c4c3)cc2)n1. The lowest BCUT2D eigenvalue weighted by molar-refractivity contribution is -0.114. The summed E-state index contributed by atoms with van der Waals surface area (Å²) in [4.78, 5) is 60.5. The van der Waals surface area contributed by atoms with Crippen LogP contribution >= 0.6 is 0 Å². The minimum Gasteiger partial charge on any atom is -0.354 e. The Morgan fingerprint density at radius 3 is 1.80 bits per heavy atom. The van der Waals surface area contributed by atoms with Crippen molar-refractivity contribution in [2.75, 3.05) is 79.1 Å². The van der Waals surface area contributed by atoms with Crippen LogP contribution in [-0.2, 0) is 9.59 Å². The third-order valence-corrected chi connectivity index (χ3v) is 8.05. The van der Waals surface area contributed by atoms with Gasteiger partial charge in [0.1, 0.15) is 0 Å². The van der Waals surface area contributed by atoms with E-state index in [1.165, 1.54) is 6.92 Å². The Morgan fingerprint density at radius 1 is 0.720 bits per heavy atom. The van der Waals surface area contributed by atoms with Gasteiger partial charge in [-0.05, 0) is 94.6 Å². The minimum atomic E-state index is -0.690. The summed E-state index contributed by atoms with van der Waals surface area (Å²) in [7, 11) is 0. The van der Waals surface area contributed by atoms with Gasteiger partial charge in [0.2, 0.25) is 17.8 Å². The average Bonchev–Trinajstić information content (AvgIpc) is 3.48. The first kappa shape index (κ1) is 37.5. The van der Waals surface area contributed by atoms with Crippen molar-refractivity contribution in [3.63, 3.8) is 0 Å². The number of carbonyl (C=O) groups excluding carboxylic acids is 2. The van der Waals surface area contributed by atoms with Crippen LogP contribution in [-0.4, -0.2) is 104 Å². The van der Waals surface area contributed by atoms with Gasteiger partial charge in [-0.15, -0.1) is 0 Å². The molecule has 0 spiro atoms. The molecule has 2 aromatic carbocycles. The number of rotatable bonds is 21. The zero-order valence-electron chi connectivity index (χ0n) is 29.5. The van der Waals surface area contributed by atoms with Gasteiger partial charge in [-0.2, -0.15) is 20.1 Å². The van der Waals surface area contributed by atoms with Gasteiger partial charge >= 0.3 is 5.69 Å². The number of carbonyl (C=O) groups is 2. The molecule has 0 bridgehead atoms. The number of anilines is 6. The maximum absolute atomic E-state index is 12.9. The number of hydrogen-bond donors (Lipinski definition) is 7. The van der Waals surface area contributed by atoms with Crippen LogP contribution in [0.2, 0.25) is 0 Å². The Kier molecular flexibility index (Phi) is 14.2. The van der Waals surface area contributed by atoms with E-state index in [1.807, 2.05) is 0 Å². The van der Waals surface area contributed by atoms with Crippen molar-refractivity contribution in [3.8, 4) is 0 Å². The molecule has 16 nitrogen and oxygen atoms in total. The van der Waals surface area contributed by atoms with E-state index in [-0.39, 0.29) is 11.4 Å². The molecular formula is C34H49N13O3. The van der Waals surface area contributed by atoms with Crippen LogP contribution in [0.5, 0.6) is 0 Å². The number of nitrogens with zero attached hydrogens (tertiary/aromatic N) is 6. The molecule has 0 saturated heterocycles. The molecule has 50 heavy (non-hydrogen) atoms. The van der Waals surface area contributed by atoms with E-state index in [0.29, 0.717) is 45.9 Å². The van der Waals surface area contributed by atoms with Gasteiger partial charge < -0.3 is 41.0 Å². The quantitative estimate of drug-likeness (QED) is 0.0287. The highest BCUT2D eigenvalue weighted by Crippen LogP contribution is 2.19. The molecule has 0 aliphatic carbocycles. The van der Waals surface area contributed by atoms with Crippen LogP contribution in [0.1, 0.15) is 47.5 Å². The van der Waals surface area contributed by atoms with Crippen molar-refractivity contribution in [2.24, 2.45) is 5.10 Å². The topological polar surface area (TPSA) is 200 Å². The number of imidazole rings is 1. The molecule has 268 valence electrons. The van der Waals surface area contributed by atoms with E-state index >= 15 is 0 Å². The van der Waals surface area contributed by atoms with Gasteiger partial charge in [-0.3, -0.25) is 15.0 Å². The lowest BCUT2D eigenvalue weighted by Crippen LogP contribution is -2.29. The number of amides is 1. The first-order valence-corrected chi connectivity index (χ1v) is 17.1. The summed E-state index contributed by atoms with van der Waals surface area (Å²) in [5, 5.41) is 16.7. The molecule has 0 fully saturated rings. The van der Waals surface area contributed by atoms with Crippen LogP contribution < -0.4 is 32.4 Å². The summed E-state index contributed by atoms with van der Waals surface area (Å²) in [6.07, 6.45) is 1.91. The van der Waals surface area contributed by atoms with Gasteiger partial charge in [0, 0.05) is 31.4 Å². The van der Waals surface area contributed by atoms with E-state index in [4.69, 9.17) is 0 Å². The number of nitrogens with one attached hydrogen (secondary N) is 7. The molecule has 0 unspecified atom stereocenters. The third kappa shape index (κ3) is 11.4. The number of ketones is 1. The van der Waals surface area contributed by atoms with Crippen molar-refractivity contribution in [2.45, 2.75) is 47.5 Å². The molecule has 0 atom stereocenters. The Bertz CT molecular complexity index is 1740.